The molecular formula is C13H10ClNO. The Hall–Kier alpha value is -1.80. The number of para-hydroxylation sites is 1. The van der Waals surface area contributed by atoms with Crippen LogP contribution >= 0.6 is 12.4 Å². The second-order valence-corrected chi connectivity index (χ2v) is 3.52. The van der Waals surface area contributed by atoms with E-state index in [1.54, 1.807) is 6.07 Å². The van der Waals surface area contributed by atoms with Gasteiger partial charge < -0.3 is 4.40 Å². The highest BCUT2D eigenvalue weighted by Gasteiger charge is 2.00. The molecule has 3 rings (SSSR count). The van der Waals surface area contributed by atoms with Crippen molar-refractivity contribution < 1.29 is 0 Å². The van der Waals surface area contributed by atoms with E-state index in [9.17, 15) is 4.79 Å². The normalized spacial score (nSPS) is 10.2. The van der Waals surface area contributed by atoms with Crippen LogP contribution < -0.4 is 5.43 Å². The molecule has 2 nitrogen and oxygen atoms in total. The standard InChI is InChI=1S/C13H9NO.ClH/c15-13-9-10-5-3-4-8-14(10)12-7-2-1-6-11(12)13;/h1-9H;1H. The van der Waals surface area contributed by atoms with Gasteiger partial charge in [-0.05, 0) is 24.3 Å². The molecule has 0 fully saturated rings. The number of halogens is 1. The van der Waals surface area contributed by atoms with Gasteiger partial charge >= 0.3 is 0 Å². The average molecular weight is 232 g/mol. The molecule has 0 aliphatic rings. The van der Waals surface area contributed by atoms with Crippen LogP contribution in [0.1, 0.15) is 0 Å². The van der Waals surface area contributed by atoms with Gasteiger partial charge in [-0.3, -0.25) is 4.79 Å². The Labute approximate surface area is 98.6 Å². The first kappa shape index (κ1) is 10.7. The summed E-state index contributed by atoms with van der Waals surface area (Å²) in [7, 11) is 0. The lowest BCUT2D eigenvalue weighted by molar-refractivity contribution is 1.22. The Morgan fingerprint density at radius 1 is 0.938 bits per heavy atom. The predicted octanol–water partition coefficient (Wildman–Crippen LogP) is 2.87. The Balaban J connectivity index is 0.000000963. The van der Waals surface area contributed by atoms with Gasteiger partial charge in [-0.2, -0.15) is 0 Å². The van der Waals surface area contributed by atoms with Crippen LogP contribution in [0, 0.1) is 0 Å². The quantitative estimate of drug-likeness (QED) is 0.545. The predicted molar refractivity (Wildman–Crippen MR) is 68.4 cm³/mol. The number of hydrogen-bond acceptors (Lipinski definition) is 1. The molecule has 0 spiro atoms. The summed E-state index contributed by atoms with van der Waals surface area (Å²) in [6.45, 7) is 0. The molecule has 0 saturated heterocycles. The summed E-state index contributed by atoms with van der Waals surface area (Å²) in [5, 5.41) is 0.765. The van der Waals surface area contributed by atoms with Crippen LogP contribution in [0.2, 0.25) is 0 Å². The number of nitrogens with zero attached hydrogens (tertiary/aromatic N) is 1. The van der Waals surface area contributed by atoms with E-state index in [0.29, 0.717) is 0 Å². The number of aromatic nitrogens is 1. The van der Waals surface area contributed by atoms with Crippen molar-refractivity contribution in [2.75, 3.05) is 0 Å². The molecule has 80 valence electrons. The molecule has 0 atom stereocenters. The molecule has 0 radical (unpaired) electrons. The molecular weight excluding hydrogens is 222 g/mol. The average Bonchev–Trinajstić information content (AvgIpc) is 2.30. The second kappa shape index (κ2) is 3.99. The smallest absolute Gasteiger partial charge is 0.190 e. The number of fused-ring (bicyclic) bond motifs is 3. The zero-order valence-corrected chi connectivity index (χ0v) is 9.28. The third-order valence-electron chi connectivity index (χ3n) is 2.60. The van der Waals surface area contributed by atoms with Gasteiger partial charge in [0.25, 0.3) is 0 Å². The molecule has 16 heavy (non-hydrogen) atoms. The van der Waals surface area contributed by atoms with Crippen molar-refractivity contribution in [2.45, 2.75) is 0 Å². The summed E-state index contributed by atoms with van der Waals surface area (Å²) >= 11 is 0. The third-order valence-corrected chi connectivity index (χ3v) is 2.60. The van der Waals surface area contributed by atoms with Gasteiger partial charge in [-0.25, -0.2) is 0 Å². The van der Waals surface area contributed by atoms with Crippen LogP contribution in [0.25, 0.3) is 16.4 Å². The highest BCUT2D eigenvalue weighted by molar-refractivity contribution is 5.85. The minimum atomic E-state index is 0. The van der Waals surface area contributed by atoms with Crippen molar-refractivity contribution in [3.63, 3.8) is 0 Å². The minimum absolute atomic E-state index is 0. The molecule has 0 unspecified atom stereocenters. The van der Waals surface area contributed by atoms with Gasteiger partial charge in [0.15, 0.2) is 5.43 Å². The van der Waals surface area contributed by atoms with Gasteiger partial charge in [0.05, 0.1) is 5.52 Å². The van der Waals surface area contributed by atoms with Crippen LogP contribution in [0.15, 0.2) is 59.5 Å². The largest absolute Gasteiger partial charge is 0.316 e. The molecule has 0 N–H and O–H groups in total. The molecule has 2 aromatic heterocycles. The maximum atomic E-state index is 11.8. The molecule has 0 aliphatic carbocycles. The third kappa shape index (κ3) is 1.48. The maximum absolute atomic E-state index is 11.8. The van der Waals surface area contributed by atoms with Gasteiger partial charge in [0, 0.05) is 23.2 Å². The Bertz CT molecular complexity index is 703. The molecule has 0 amide bonds. The van der Waals surface area contributed by atoms with Crippen molar-refractivity contribution in [3.8, 4) is 0 Å². The first-order chi connectivity index (χ1) is 7.36. The highest BCUT2D eigenvalue weighted by Crippen LogP contribution is 2.12. The van der Waals surface area contributed by atoms with E-state index in [4.69, 9.17) is 0 Å². The van der Waals surface area contributed by atoms with Crippen molar-refractivity contribution in [1.82, 2.24) is 4.40 Å². The monoisotopic (exact) mass is 231 g/mol. The van der Waals surface area contributed by atoms with Crippen LogP contribution in [-0.2, 0) is 0 Å². The lowest BCUT2D eigenvalue weighted by Crippen LogP contribution is -2.03. The van der Waals surface area contributed by atoms with Crippen LogP contribution in [0.5, 0.6) is 0 Å². The molecule has 0 bridgehead atoms. The Morgan fingerprint density at radius 2 is 1.69 bits per heavy atom. The molecule has 1 aromatic carbocycles. The Morgan fingerprint density at radius 3 is 2.56 bits per heavy atom. The van der Waals surface area contributed by atoms with E-state index in [-0.39, 0.29) is 17.8 Å². The summed E-state index contributed by atoms with van der Waals surface area (Å²) < 4.78 is 2.02. The summed E-state index contributed by atoms with van der Waals surface area (Å²) in [6, 6.07) is 15.2. The SMILES string of the molecule is Cl.O=c1cc2ccccn2c2ccccc12. The van der Waals surface area contributed by atoms with Gasteiger partial charge in [0.1, 0.15) is 0 Å². The van der Waals surface area contributed by atoms with E-state index in [1.807, 2.05) is 53.1 Å². The fourth-order valence-corrected chi connectivity index (χ4v) is 1.90. The van der Waals surface area contributed by atoms with Crippen molar-refractivity contribution >= 4 is 28.8 Å². The summed E-state index contributed by atoms with van der Waals surface area (Å²) in [5.74, 6) is 0. The van der Waals surface area contributed by atoms with Crippen LogP contribution in [0.3, 0.4) is 0 Å². The van der Waals surface area contributed by atoms with E-state index in [0.717, 1.165) is 16.4 Å². The molecule has 0 saturated carbocycles. The highest BCUT2D eigenvalue weighted by atomic mass is 35.5. The summed E-state index contributed by atoms with van der Waals surface area (Å²) in [4.78, 5) is 11.8. The minimum Gasteiger partial charge on any atom is -0.316 e. The fraction of sp³-hybridized carbons (Fsp3) is 0. The zero-order chi connectivity index (χ0) is 10.3. The fourth-order valence-electron chi connectivity index (χ4n) is 1.90. The molecule has 3 aromatic rings. The number of hydrogen-bond donors (Lipinski definition) is 0. The first-order valence-corrected chi connectivity index (χ1v) is 4.85. The lowest BCUT2D eigenvalue weighted by atomic mass is 10.2. The zero-order valence-electron chi connectivity index (χ0n) is 8.46. The lowest BCUT2D eigenvalue weighted by Gasteiger charge is -2.04. The van der Waals surface area contributed by atoms with Gasteiger partial charge in [-0.15, -0.1) is 12.4 Å². The van der Waals surface area contributed by atoms with Crippen molar-refractivity contribution in [1.29, 1.82) is 0 Å². The van der Waals surface area contributed by atoms with E-state index in [2.05, 4.69) is 0 Å². The van der Waals surface area contributed by atoms with Gasteiger partial charge in [0.2, 0.25) is 0 Å². The van der Waals surface area contributed by atoms with Crippen molar-refractivity contribution in [3.05, 3.63) is 65.0 Å². The molecule has 2 heterocycles. The van der Waals surface area contributed by atoms with Crippen LogP contribution in [0.4, 0.5) is 0 Å². The molecule has 0 aliphatic heterocycles. The number of rotatable bonds is 0. The topological polar surface area (TPSA) is 21.5 Å². The molecule has 3 heteroatoms. The van der Waals surface area contributed by atoms with E-state index >= 15 is 0 Å². The maximum Gasteiger partial charge on any atom is 0.190 e. The van der Waals surface area contributed by atoms with Gasteiger partial charge in [-0.1, -0.05) is 18.2 Å². The number of benzene rings is 1. The summed E-state index contributed by atoms with van der Waals surface area (Å²) in [6.07, 6.45) is 1.97. The van der Waals surface area contributed by atoms with E-state index in [1.165, 1.54) is 0 Å². The van der Waals surface area contributed by atoms with Crippen LogP contribution in [-0.4, -0.2) is 4.40 Å². The second-order valence-electron chi connectivity index (χ2n) is 3.52. The summed E-state index contributed by atoms with van der Waals surface area (Å²) in [5.41, 5.74) is 1.97. The number of pyridine rings is 2. The Kier molecular flexibility index (Phi) is 2.67. The van der Waals surface area contributed by atoms with Crippen molar-refractivity contribution in [2.24, 2.45) is 0 Å². The van der Waals surface area contributed by atoms with E-state index < -0.39 is 0 Å². The first-order valence-electron chi connectivity index (χ1n) is 4.85.